The molecule has 2 unspecified atom stereocenters. The molecule has 174 valence electrons. The highest BCUT2D eigenvalue weighted by atomic mass is 19.4. The van der Waals surface area contributed by atoms with Crippen molar-refractivity contribution in [1.29, 1.82) is 5.26 Å². The molecule has 0 radical (unpaired) electrons. The van der Waals surface area contributed by atoms with Crippen LogP contribution in [-0.2, 0) is 6.18 Å². The van der Waals surface area contributed by atoms with Crippen molar-refractivity contribution in [3.8, 4) is 6.07 Å². The van der Waals surface area contributed by atoms with Crippen molar-refractivity contribution >= 4 is 17.0 Å². The molecule has 10 nitrogen and oxygen atoms in total. The van der Waals surface area contributed by atoms with Crippen LogP contribution in [0.3, 0.4) is 0 Å². The molecule has 34 heavy (non-hydrogen) atoms. The van der Waals surface area contributed by atoms with Crippen molar-refractivity contribution in [2.75, 3.05) is 5.32 Å². The summed E-state index contributed by atoms with van der Waals surface area (Å²) in [4.78, 5) is 31.8. The number of halogens is 3. The van der Waals surface area contributed by atoms with E-state index in [9.17, 15) is 23.2 Å². The predicted octanol–water partition coefficient (Wildman–Crippen LogP) is 3.37. The molecule has 0 bridgehead atoms. The van der Waals surface area contributed by atoms with Crippen LogP contribution in [0.25, 0.3) is 11.0 Å². The Balaban J connectivity index is 1.76. The quantitative estimate of drug-likeness (QED) is 0.438. The summed E-state index contributed by atoms with van der Waals surface area (Å²) in [6.07, 6.45) is 0.295. The number of pyridine rings is 1. The Kier molecular flexibility index (Phi) is 5.97. The third-order valence-corrected chi connectivity index (χ3v) is 5.21. The second-order valence-electron chi connectivity index (χ2n) is 7.38. The summed E-state index contributed by atoms with van der Waals surface area (Å²) in [7, 11) is 0. The zero-order chi connectivity index (χ0) is 24.5. The number of aromatic nitrogens is 7. The fourth-order valence-corrected chi connectivity index (χ4v) is 3.43. The molecule has 13 heteroatoms. The first-order chi connectivity index (χ1) is 16.2. The van der Waals surface area contributed by atoms with Crippen LogP contribution in [0.4, 0.5) is 19.1 Å². The number of nitriles is 1. The van der Waals surface area contributed by atoms with Gasteiger partial charge in [-0.25, -0.2) is 14.6 Å². The van der Waals surface area contributed by atoms with Gasteiger partial charge >= 0.3 is 6.18 Å². The fourth-order valence-electron chi connectivity index (χ4n) is 3.43. The maximum atomic E-state index is 12.9. The Bertz CT molecular complexity index is 1410. The molecule has 0 saturated carbocycles. The molecule has 0 amide bonds. The van der Waals surface area contributed by atoms with E-state index in [4.69, 9.17) is 0 Å². The van der Waals surface area contributed by atoms with Gasteiger partial charge < -0.3 is 5.32 Å². The number of nitrogens with one attached hydrogen (secondary N) is 2. The molecule has 0 spiro atoms. The molecule has 4 rings (SSSR count). The standard InChI is InChI=1S/C21H18F3N9O/c1-3-13(17-26-7-4-8-27-17)29-20-30-18-16(19(34)31-20)14(9-25)32-33(18)11(2)12-5-6-15(28-10-12)21(22,23)24/h4-8,10-11,13H,3H2,1-2H3,(H2,29,30,31,34). The number of anilines is 1. The van der Waals surface area contributed by atoms with E-state index in [2.05, 4.69) is 35.3 Å². The average molecular weight is 469 g/mol. The number of aromatic amines is 1. The molecule has 2 N–H and O–H groups in total. The number of alkyl halides is 3. The molecule has 0 aliphatic carbocycles. The topological polar surface area (TPSA) is 138 Å². The van der Waals surface area contributed by atoms with E-state index >= 15 is 0 Å². The Labute approximate surface area is 190 Å². The van der Waals surface area contributed by atoms with E-state index < -0.39 is 23.5 Å². The monoisotopic (exact) mass is 469 g/mol. The normalized spacial score (nSPS) is 13.4. The van der Waals surface area contributed by atoms with E-state index in [1.165, 1.54) is 10.7 Å². The lowest BCUT2D eigenvalue weighted by Gasteiger charge is -2.17. The van der Waals surface area contributed by atoms with E-state index in [1.807, 2.05) is 13.0 Å². The number of rotatable bonds is 6. The van der Waals surface area contributed by atoms with Crippen LogP contribution in [-0.4, -0.2) is 34.7 Å². The summed E-state index contributed by atoms with van der Waals surface area (Å²) in [6.45, 7) is 3.56. The van der Waals surface area contributed by atoms with Gasteiger partial charge in [-0.3, -0.25) is 14.8 Å². The van der Waals surface area contributed by atoms with Crippen LogP contribution in [0.5, 0.6) is 0 Å². The van der Waals surface area contributed by atoms with E-state index in [-0.39, 0.29) is 28.7 Å². The van der Waals surface area contributed by atoms with Crippen molar-refractivity contribution in [3.63, 3.8) is 0 Å². The number of nitrogens with zero attached hydrogens (tertiary/aromatic N) is 7. The lowest BCUT2D eigenvalue weighted by Crippen LogP contribution is -2.19. The summed E-state index contributed by atoms with van der Waals surface area (Å²) in [5.74, 6) is 0.614. The van der Waals surface area contributed by atoms with Gasteiger partial charge in [0.05, 0.1) is 12.1 Å². The van der Waals surface area contributed by atoms with Crippen LogP contribution in [0.2, 0.25) is 0 Å². The third kappa shape index (κ3) is 4.29. The number of H-pyrrole nitrogens is 1. The molecule has 0 saturated heterocycles. The minimum absolute atomic E-state index is 0.0243. The van der Waals surface area contributed by atoms with Gasteiger partial charge in [-0.1, -0.05) is 13.0 Å². The molecule has 4 aromatic heterocycles. The molecule has 0 aliphatic rings. The SMILES string of the molecule is CCC(Nc1nc2c(c(C#N)nn2C(C)c2ccc(C(F)(F)F)nc2)c(=O)[nH]1)c1ncccn1. The summed E-state index contributed by atoms with van der Waals surface area (Å²) in [6, 6.07) is 4.66. The lowest BCUT2D eigenvalue weighted by molar-refractivity contribution is -0.141. The largest absolute Gasteiger partial charge is 0.433 e. The van der Waals surface area contributed by atoms with E-state index in [0.717, 1.165) is 12.3 Å². The van der Waals surface area contributed by atoms with Crippen LogP contribution in [0.15, 0.2) is 41.6 Å². The van der Waals surface area contributed by atoms with Gasteiger partial charge in [-0.2, -0.15) is 28.5 Å². The maximum Gasteiger partial charge on any atom is 0.433 e. The van der Waals surface area contributed by atoms with Gasteiger partial charge in [0.15, 0.2) is 11.3 Å². The minimum atomic E-state index is -4.57. The molecule has 0 aliphatic heterocycles. The number of hydrogen-bond acceptors (Lipinski definition) is 8. The maximum absolute atomic E-state index is 12.9. The second-order valence-corrected chi connectivity index (χ2v) is 7.38. The molecule has 4 aromatic rings. The first kappa shape index (κ1) is 22.8. The predicted molar refractivity (Wildman–Crippen MR) is 115 cm³/mol. The van der Waals surface area contributed by atoms with Crippen LogP contribution in [0.1, 0.15) is 55.1 Å². The van der Waals surface area contributed by atoms with Gasteiger partial charge in [0.1, 0.15) is 23.0 Å². The van der Waals surface area contributed by atoms with E-state index in [0.29, 0.717) is 17.8 Å². The van der Waals surface area contributed by atoms with Gasteiger partial charge in [0.25, 0.3) is 5.56 Å². The van der Waals surface area contributed by atoms with Gasteiger partial charge in [-0.15, -0.1) is 0 Å². The van der Waals surface area contributed by atoms with Gasteiger partial charge in [0, 0.05) is 18.6 Å². The lowest BCUT2D eigenvalue weighted by atomic mass is 10.1. The molecule has 0 fully saturated rings. The highest BCUT2D eigenvalue weighted by Gasteiger charge is 2.32. The summed E-state index contributed by atoms with van der Waals surface area (Å²) in [5, 5.41) is 16.7. The first-order valence-electron chi connectivity index (χ1n) is 10.2. The molecule has 2 atom stereocenters. The Morgan fingerprint density at radius 1 is 1.24 bits per heavy atom. The van der Waals surface area contributed by atoms with E-state index in [1.54, 1.807) is 25.4 Å². The Hall–Kier alpha value is -4.34. The average Bonchev–Trinajstić information content (AvgIpc) is 3.21. The van der Waals surface area contributed by atoms with Crippen molar-refractivity contribution in [1.82, 2.24) is 34.7 Å². The number of fused-ring (bicyclic) bond motifs is 1. The summed E-state index contributed by atoms with van der Waals surface area (Å²) < 4.78 is 39.9. The van der Waals surface area contributed by atoms with Crippen LogP contribution in [0, 0.1) is 11.3 Å². The van der Waals surface area contributed by atoms with Crippen LogP contribution >= 0.6 is 0 Å². The Morgan fingerprint density at radius 3 is 2.56 bits per heavy atom. The fraction of sp³-hybridized carbons (Fsp3) is 0.286. The molecular formula is C21H18F3N9O. The zero-order valence-corrected chi connectivity index (χ0v) is 18.0. The van der Waals surface area contributed by atoms with Gasteiger partial charge in [-0.05, 0) is 31.0 Å². The van der Waals surface area contributed by atoms with Crippen molar-refractivity contribution in [2.24, 2.45) is 0 Å². The smallest absolute Gasteiger partial charge is 0.346 e. The number of hydrogen-bond donors (Lipinski definition) is 2. The van der Waals surface area contributed by atoms with Crippen molar-refractivity contribution in [3.05, 3.63) is 69.9 Å². The van der Waals surface area contributed by atoms with Crippen molar-refractivity contribution in [2.45, 2.75) is 38.5 Å². The van der Waals surface area contributed by atoms with Crippen molar-refractivity contribution < 1.29 is 13.2 Å². The summed E-state index contributed by atoms with van der Waals surface area (Å²) >= 11 is 0. The minimum Gasteiger partial charge on any atom is -0.346 e. The first-order valence-corrected chi connectivity index (χ1v) is 10.2. The summed E-state index contributed by atoms with van der Waals surface area (Å²) in [5.41, 5.74) is -1.28. The molecular weight excluding hydrogens is 451 g/mol. The Morgan fingerprint density at radius 2 is 1.97 bits per heavy atom. The highest BCUT2D eigenvalue weighted by molar-refractivity contribution is 5.81. The molecule has 0 aromatic carbocycles. The third-order valence-electron chi connectivity index (χ3n) is 5.21. The second kappa shape index (κ2) is 8.89. The highest BCUT2D eigenvalue weighted by Crippen LogP contribution is 2.29. The van der Waals surface area contributed by atoms with Crippen LogP contribution < -0.4 is 10.9 Å². The molecule has 4 heterocycles. The van der Waals surface area contributed by atoms with Gasteiger partial charge in [0.2, 0.25) is 5.95 Å². The zero-order valence-electron chi connectivity index (χ0n) is 18.0.